The molecule has 6 heteroatoms. The van der Waals surface area contributed by atoms with Gasteiger partial charge in [-0.25, -0.2) is 0 Å². The van der Waals surface area contributed by atoms with Crippen LogP contribution in [-0.2, 0) is 4.74 Å². The van der Waals surface area contributed by atoms with Gasteiger partial charge in [-0.3, -0.25) is 9.78 Å². The summed E-state index contributed by atoms with van der Waals surface area (Å²) in [7, 11) is 0. The minimum absolute atomic E-state index is 0.0589. The van der Waals surface area contributed by atoms with Gasteiger partial charge in [0.2, 0.25) is 0 Å². The Hall–Kier alpha value is -0.460. The van der Waals surface area contributed by atoms with Crippen molar-refractivity contribution >= 4 is 33.2 Å². The minimum atomic E-state index is 0.0589. The lowest BCUT2D eigenvalue weighted by molar-refractivity contribution is -0.0558. The maximum Gasteiger partial charge on any atom is 0.265 e. The van der Waals surface area contributed by atoms with Gasteiger partial charge in [0, 0.05) is 18.4 Å². The molecule has 4 nitrogen and oxygen atoms in total. The summed E-state index contributed by atoms with van der Waals surface area (Å²) < 4.78 is 5.68. The number of halogens is 1. The third-order valence-corrected chi connectivity index (χ3v) is 3.91. The molecule has 2 atom stereocenters. The Bertz CT molecular complexity index is 358. The van der Waals surface area contributed by atoms with Crippen molar-refractivity contribution in [2.75, 3.05) is 18.4 Å². The molecule has 1 aromatic rings. The lowest BCUT2D eigenvalue weighted by atomic mass is 10.2. The van der Waals surface area contributed by atoms with E-state index in [9.17, 15) is 4.79 Å². The number of morpholine rings is 1. The summed E-state index contributed by atoms with van der Waals surface area (Å²) in [5, 5.41) is 0.754. The fourth-order valence-electron chi connectivity index (χ4n) is 1.77. The van der Waals surface area contributed by atoms with Crippen LogP contribution in [0.25, 0.3) is 0 Å². The number of nitrogens with zero attached hydrogens (tertiary/aromatic N) is 2. The Morgan fingerprint density at radius 2 is 2.56 bits per heavy atom. The summed E-state index contributed by atoms with van der Waals surface area (Å²) in [6.45, 7) is 3.29. The first kappa shape index (κ1) is 12.0. The molecule has 1 aromatic heterocycles. The maximum absolute atomic E-state index is 12.1. The highest BCUT2D eigenvalue weighted by Gasteiger charge is 2.28. The number of thiazole rings is 1. The Balaban J connectivity index is 2.06. The van der Waals surface area contributed by atoms with Crippen LogP contribution in [0.3, 0.4) is 0 Å². The molecule has 0 bridgehead atoms. The molecule has 1 fully saturated rings. The molecule has 16 heavy (non-hydrogen) atoms. The van der Waals surface area contributed by atoms with E-state index in [0.29, 0.717) is 18.0 Å². The first-order chi connectivity index (χ1) is 7.70. The van der Waals surface area contributed by atoms with E-state index in [2.05, 4.69) is 20.9 Å². The zero-order valence-electron chi connectivity index (χ0n) is 8.93. The lowest BCUT2D eigenvalue weighted by Crippen LogP contribution is -2.49. The smallest absolute Gasteiger partial charge is 0.265 e. The van der Waals surface area contributed by atoms with E-state index < -0.39 is 0 Å². The van der Waals surface area contributed by atoms with Crippen LogP contribution in [-0.4, -0.2) is 46.4 Å². The first-order valence-corrected chi connectivity index (χ1v) is 7.10. The third kappa shape index (κ3) is 2.61. The number of aromatic nitrogens is 1. The van der Waals surface area contributed by atoms with E-state index in [1.165, 1.54) is 11.3 Å². The highest BCUT2D eigenvalue weighted by Crippen LogP contribution is 2.17. The van der Waals surface area contributed by atoms with Gasteiger partial charge in [0.05, 0.1) is 23.9 Å². The van der Waals surface area contributed by atoms with Gasteiger partial charge in [-0.05, 0) is 6.92 Å². The van der Waals surface area contributed by atoms with Gasteiger partial charge >= 0.3 is 0 Å². The zero-order chi connectivity index (χ0) is 11.5. The van der Waals surface area contributed by atoms with Gasteiger partial charge in [-0.15, -0.1) is 11.3 Å². The van der Waals surface area contributed by atoms with Crippen LogP contribution in [0.2, 0.25) is 0 Å². The molecule has 1 aliphatic heterocycles. The molecular weight excluding hydrogens is 292 g/mol. The number of ether oxygens (including phenoxy) is 1. The number of hydrogen-bond donors (Lipinski definition) is 0. The number of amides is 1. The Labute approximate surface area is 107 Å². The van der Waals surface area contributed by atoms with E-state index in [-0.39, 0.29) is 18.1 Å². The summed E-state index contributed by atoms with van der Waals surface area (Å²) >= 11 is 4.77. The first-order valence-electron chi connectivity index (χ1n) is 5.10. The average molecular weight is 305 g/mol. The van der Waals surface area contributed by atoms with E-state index in [4.69, 9.17) is 4.74 Å². The fraction of sp³-hybridized carbons (Fsp3) is 0.600. The SMILES string of the molecule is CC1CN(C(=O)c2cncs2)CC(CBr)O1. The third-order valence-electron chi connectivity index (χ3n) is 2.43. The van der Waals surface area contributed by atoms with Crippen LogP contribution in [0.5, 0.6) is 0 Å². The van der Waals surface area contributed by atoms with E-state index in [1.807, 2.05) is 11.8 Å². The highest BCUT2D eigenvalue weighted by molar-refractivity contribution is 9.09. The molecule has 0 aliphatic carbocycles. The number of carbonyl (C=O) groups is 1. The van der Waals surface area contributed by atoms with Crippen molar-refractivity contribution in [1.29, 1.82) is 0 Å². The van der Waals surface area contributed by atoms with Gasteiger partial charge in [0.15, 0.2) is 0 Å². The van der Waals surface area contributed by atoms with Crippen LogP contribution in [0, 0.1) is 0 Å². The van der Waals surface area contributed by atoms with E-state index in [0.717, 1.165) is 5.33 Å². The summed E-state index contributed by atoms with van der Waals surface area (Å²) in [4.78, 5) is 18.6. The molecule has 1 saturated heterocycles. The topological polar surface area (TPSA) is 42.4 Å². The zero-order valence-corrected chi connectivity index (χ0v) is 11.3. The second-order valence-corrected chi connectivity index (χ2v) is 5.33. The second kappa shape index (κ2) is 5.25. The van der Waals surface area contributed by atoms with Crippen molar-refractivity contribution in [3.05, 3.63) is 16.6 Å². The van der Waals surface area contributed by atoms with Crippen molar-refractivity contribution in [1.82, 2.24) is 9.88 Å². The van der Waals surface area contributed by atoms with Crippen molar-refractivity contribution in [3.8, 4) is 0 Å². The molecule has 0 N–H and O–H groups in total. The average Bonchev–Trinajstić information content (AvgIpc) is 2.80. The molecule has 88 valence electrons. The largest absolute Gasteiger partial charge is 0.371 e. The van der Waals surface area contributed by atoms with Crippen LogP contribution >= 0.6 is 27.3 Å². The van der Waals surface area contributed by atoms with Crippen molar-refractivity contribution in [2.24, 2.45) is 0 Å². The van der Waals surface area contributed by atoms with Gasteiger partial charge in [-0.2, -0.15) is 0 Å². The maximum atomic E-state index is 12.1. The fourth-order valence-corrected chi connectivity index (χ4v) is 2.72. The van der Waals surface area contributed by atoms with Crippen molar-refractivity contribution < 1.29 is 9.53 Å². The van der Waals surface area contributed by atoms with Gasteiger partial charge < -0.3 is 9.64 Å². The molecule has 2 rings (SSSR count). The predicted molar refractivity (Wildman–Crippen MR) is 66.1 cm³/mol. The molecule has 0 spiro atoms. The van der Waals surface area contributed by atoms with Crippen molar-refractivity contribution in [2.45, 2.75) is 19.1 Å². The van der Waals surface area contributed by atoms with Gasteiger partial charge in [0.1, 0.15) is 4.88 Å². The predicted octanol–water partition coefficient (Wildman–Crippen LogP) is 1.77. The molecule has 2 unspecified atom stereocenters. The molecule has 2 heterocycles. The number of hydrogen-bond acceptors (Lipinski definition) is 4. The molecular formula is C10H13BrN2O2S. The summed E-state index contributed by atoms with van der Waals surface area (Å²) in [6.07, 6.45) is 1.80. The number of carbonyl (C=O) groups excluding carboxylic acids is 1. The normalized spacial score (nSPS) is 25.8. The number of rotatable bonds is 2. The molecule has 1 aliphatic rings. The van der Waals surface area contributed by atoms with Crippen LogP contribution in [0.15, 0.2) is 11.7 Å². The van der Waals surface area contributed by atoms with Gasteiger partial charge in [-0.1, -0.05) is 15.9 Å². The Morgan fingerprint density at radius 1 is 1.75 bits per heavy atom. The van der Waals surface area contributed by atoms with Crippen LogP contribution in [0.4, 0.5) is 0 Å². The van der Waals surface area contributed by atoms with Crippen LogP contribution < -0.4 is 0 Å². The quantitative estimate of drug-likeness (QED) is 0.782. The molecule has 0 aromatic carbocycles. The van der Waals surface area contributed by atoms with Gasteiger partial charge in [0.25, 0.3) is 5.91 Å². The second-order valence-electron chi connectivity index (χ2n) is 3.80. The van der Waals surface area contributed by atoms with Crippen molar-refractivity contribution in [3.63, 3.8) is 0 Å². The molecule has 0 radical (unpaired) electrons. The lowest BCUT2D eigenvalue weighted by Gasteiger charge is -2.35. The monoisotopic (exact) mass is 304 g/mol. The highest BCUT2D eigenvalue weighted by atomic mass is 79.9. The Kier molecular flexibility index (Phi) is 3.94. The minimum Gasteiger partial charge on any atom is -0.371 e. The standard InChI is InChI=1S/C10H13BrN2O2S/c1-7-4-13(5-8(2-11)15-7)10(14)9-3-12-6-16-9/h3,6-8H,2,4-5H2,1H3. The molecule has 1 amide bonds. The van der Waals surface area contributed by atoms with Crippen LogP contribution in [0.1, 0.15) is 16.6 Å². The van der Waals surface area contributed by atoms with E-state index in [1.54, 1.807) is 11.7 Å². The van der Waals surface area contributed by atoms with E-state index >= 15 is 0 Å². The Morgan fingerprint density at radius 3 is 3.19 bits per heavy atom. The summed E-state index contributed by atoms with van der Waals surface area (Å²) in [5.74, 6) is 0.0589. The molecule has 0 saturated carbocycles. The summed E-state index contributed by atoms with van der Waals surface area (Å²) in [6, 6.07) is 0. The number of alkyl halides is 1. The summed E-state index contributed by atoms with van der Waals surface area (Å²) in [5.41, 5.74) is 1.68.